The highest BCUT2D eigenvalue weighted by Crippen LogP contribution is 2.08. The summed E-state index contributed by atoms with van der Waals surface area (Å²) in [5.41, 5.74) is 11.7. The third-order valence-corrected chi connectivity index (χ3v) is 5.51. The van der Waals surface area contributed by atoms with Gasteiger partial charge < -0.3 is 37.6 Å². The van der Waals surface area contributed by atoms with Gasteiger partial charge in [-0.25, -0.2) is 4.79 Å². The molecule has 1 rings (SSSR count). The van der Waals surface area contributed by atoms with E-state index in [4.69, 9.17) is 16.6 Å². The molecule has 0 fully saturated rings. The number of hydrogen-bond donors (Lipinski definition) is 7. The molecule has 0 aliphatic heterocycles. The number of carbonyl (C=O) groups is 6. The van der Waals surface area contributed by atoms with E-state index in [0.29, 0.717) is 5.56 Å². The molecule has 0 radical (unpaired) electrons. The molecule has 4 atom stereocenters. The highest BCUT2D eigenvalue weighted by Gasteiger charge is 2.31. The first-order valence-corrected chi connectivity index (χ1v) is 11.7. The summed E-state index contributed by atoms with van der Waals surface area (Å²) in [7, 11) is 0. The Hall–Kier alpha value is -4.00. The lowest BCUT2D eigenvalue weighted by atomic mass is 10.0. The van der Waals surface area contributed by atoms with E-state index in [9.17, 15) is 33.9 Å². The maximum Gasteiger partial charge on any atom is 0.326 e. The molecular formula is C24H35N5O8. The number of hydrogen-bond acceptors (Lipinski definition) is 7. The summed E-state index contributed by atoms with van der Waals surface area (Å²) in [5.74, 6) is -5.93. The van der Waals surface area contributed by atoms with Crippen LogP contribution in [0.1, 0.15) is 45.1 Å². The van der Waals surface area contributed by atoms with Crippen molar-refractivity contribution >= 4 is 35.6 Å². The van der Waals surface area contributed by atoms with Crippen LogP contribution in [0.15, 0.2) is 30.3 Å². The largest absolute Gasteiger partial charge is 0.481 e. The second kappa shape index (κ2) is 15.2. The van der Waals surface area contributed by atoms with Crippen molar-refractivity contribution in [2.75, 3.05) is 0 Å². The zero-order valence-electron chi connectivity index (χ0n) is 20.8. The van der Waals surface area contributed by atoms with Crippen LogP contribution < -0.4 is 27.4 Å². The Labute approximate surface area is 214 Å². The van der Waals surface area contributed by atoms with Gasteiger partial charge in [-0.3, -0.25) is 24.0 Å². The first-order chi connectivity index (χ1) is 17.3. The maximum atomic E-state index is 13.1. The molecule has 9 N–H and O–H groups in total. The zero-order chi connectivity index (χ0) is 28.1. The molecule has 4 amide bonds. The van der Waals surface area contributed by atoms with Gasteiger partial charge in [0.05, 0.1) is 6.04 Å². The van der Waals surface area contributed by atoms with Crippen LogP contribution in [-0.2, 0) is 35.2 Å². The molecule has 37 heavy (non-hydrogen) atoms. The topological polar surface area (TPSA) is 231 Å². The van der Waals surface area contributed by atoms with Gasteiger partial charge in [0.1, 0.15) is 18.1 Å². The molecule has 13 heteroatoms. The van der Waals surface area contributed by atoms with Gasteiger partial charge in [0.2, 0.25) is 23.6 Å². The lowest BCUT2D eigenvalue weighted by Crippen LogP contribution is -2.58. The number of carbonyl (C=O) groups excluding carboxylic acids is 4. The third-order valence-electron chi connectivity index (χ3n) is 5.51. The molecule has 0 aromatic heterocycles. The zero-order valence-corrected chi connectivity index (χ0v) is 20.8. The van der Waals surface area contributed by atoms with Crippen LogP contribution >= 0.6 is 0 Å². The molecular weight excluding hydrogens is 486 g/mol. The number of carboxylic acid groups (broad SMARTS) is 2. The molecule has 0 aliphatic rings. The average molecular weight is 522 g/mol. The van der Waals surface area contributed by atoms with Gasteiger partial charge in [0.15, 0.2) is 0 Å². The molecule has 0 saturated carbocycles. The van der Waals surface area contributed by atoms with E-state index in [2.05, 4.69) is 16.0 Å². The van der Waals surface area contributed by atoms with Gasteiger partial charge in [-0.15, -0.1) is 0 Å². The first kappa shape index (κ1) is 31.0. The molecule has 0 aliphatic carbocycles. The first-order valence-electron chi connectivity index (χ1n) is 11.7. The van der Waals surface area contributed by atoms with E-state index in [-0.39, 0.29) is 31.6 Å². The van der Waals surface area contributed by atoms with Crippen LogP contribution in [-0.4, -0.2) is 69.9 Å². The summed E-state index contributed by atoms with van der Waals surface area (Å²) >= 11 is 0. The van der Waals surface area contributed by atoms with Crippen LogP contribution in [0.5, 0.6) is 0 Å². The van der Waals surface area contributed by atoms with Crippen molar-refractivity contribution in [3.63, 3.8) is 0 Å². The Balaban J connectivity index is 3.15. The van der Waals surface area contributed by atoms with Crippen LogP contribution in [0.2, 0.25) is 0 Å². The highest BCUT2D eigenvalue weighted by atomic mass is 16.4. The van der Waals surface area contributed by atoms with Gasteiger partial charge in [-0.1, -0.05) is 44.2 Å². The third kappa shape index (κ3) is 11.5. The van der Waals surface area contributed by atoms with E-state index in [0.717, 1.165) is 0 Å². The van der Waals surface area contributed by atoms with Gasteiger partial charge in [0, 0.05) is 19.3 Å². The molecule has 204 valence electrons. The van der Waals surface area contributed by atoms with Crippen molar-refractivity contribution in [3.05, 3.63) is 35.9 Å². The Morgan fingerprint density at radius 2 is 1.30 bits per heavy atom. The minimum absolute atomic E-state index is 0.0360. The van der Waals surface area contributed by atoms with E-state index >= 15 is 0 Å². The summed E-state index contributed by atoms with van der Waals surface area (Å²) in [5, 5.41) is 25.5. The summed E-state index contributed by atoms with van der Waals surface area (Å²) < 4.78 is 0. The molecule has 1 aromatic rings. The molecule has 0 heterocycles. The summed E-state index contributed by atoms with van der Waals surface area (Å²) in [6, 6.07) is 3.58. The molecule has 0 saturated heterocycles. The predicted octanol–water partition coefficient (Wildman–Crippen LogP) is -1.12. The number of amides is 4. The minimum Gasteiger partial charge on any atom is -0.481 e. The number of aliphatic carboxylic acids is 2. The van der Waals surface area contributed by atoms with E-state index in [1.54, 1.807) is 44.2 Å². The smallest absolute Gasteiger partial charge is 0.326 e. The highest BCUT2D eigenvalue weighted by molar-refractivity contribution is 5.94. The van der Waals surface area contributed by atoms with Crippen molar-refractivity contribution in [2.24, 2.45) is 17.4 Å². The number of nitrogens with two attached hydrogens (primary N) is 2. The van der Waals surface area contributed by atoms with E-state index in [1.165, 1.54) is 0 Å². The van der Waals surface area contributed by atoms with Crippen molar-refractivity contribution in [1.82, 2.24) is 16.0 Å². The Morgan fingerprint density at radius 1 is 0.784 bits per heavy atom. The standard InChI is InChI=1S/C24H35N5O8/c1-13(2)20(26)23(35)27-15(8-10-18(25)30)21(33)29-17(12-14-6-4-3-5-7-14)22(34)28-16(24(36)37)9-11-19(31)32/h3-7,13,15-17,20H,8-12,26H2,1-2H3,(H2,25,30)(H,27,35)(H,28,34)(H,29,33)(H,31,32)(H,36,37). The van der Waals surface area contributed by atoms with Gasteiger partial charge in [-0.05, 0) is 24.3 Å². The monoisotopic (exact) mass is 521 g/mol. The summed E-state index contributed by atoms with van der Waals surface area (Å²) in [6.07, 6.45) is -1.29. The Kier molecular flexibility index (Phi) is 12.7. The Morgan fingerprint density at radius 3 is 1.81 bits per heavy atom. The minimum atomic E-state index is -1.51. The summed E-state index contributed by atoms with van der Waals surface area (Å²) in [6.45, 7) is 3.43. The van der Waals surface area contributed by atoms with Gasteiger partial charge in [0.25, 0.3) is 0 Å². The lowest BCUT2D eigenvalue weighted by molar-refractivity contribution is -0.143. The quantitative estimate of drug-likeness (QED) is 0.139. The normalized spacial score (nSPS) is 14.1. The number of primary amides is 1. The number of carboxylic acids is 2. The molecule has 1 aromatic carbocycles. The van der Waals surface area contributed by atoms with Crippen LogP contribution in [0, 0.1) is 5.92 Å². The molecule has 0 spiro atoms. The lowest BCUT2D eigenvalue weighted by Gasteiger charge is -2.25. The number of nitrogens with one attached hydrogen (secondary N) is 3. The predicted molar refractivity (Wildman–Crippen MR) is 132 cm³/mol. The van der Waals surface area contributed by atoms with Crippen molar-refractivity contribution in [3.8, 4) is 0 Å². The van der Waals surface area contributed by atoms with Crippen LogP contribution in [0.25, 0.3) is 0 Å². The number of benzene rings is 1. The van der Waals surface area contributed by atoms with Gasteiger partial charge in [-0.2, -0.15) is 0 Å². The fourth-order valence-corrected chi connectivity index (χ4v) is 3.25. The van der Waals surface area contributed by atoms with Crippen LogP contribution in [0.3, 0.4) is 0 Å². The molecule has 0 bridgehead atoms. The maximum absolute atomic E-state index is 13.1. The molecule has 4 unspecified atom stereocenters. The Bertz CT molecular complexity index is 969. The van der Waals surface area contributed by atoms with Crippen molar-refractivity contribution < 1.29 is 39.0 Å². The molecule has 13 nitrogen and oxygen atoms in total. The second-order valence-corrected chi connectivity index (χ2v) is 8.92. The fraction of sp³-hybridized carbons (Fsp3) is 0.500. The number of rotatable bonds is 16. The van der Waals surface area contributed by atoms with Crippen LogP contribution in [0.4, 0.5) is 0 Å². The van der Waals surface area contributed by atoms with E-state index in [1.807, 2.05) is 0 Å². The van der Waals surface area contributed by atoms with Gasteiger partial charge >= 0.3 is 11.9 Å². The van der Waals surface area contributed by atoms with E-state index < -0.39 is 66.2 Å². The van der Waals surface area contributed by atoms with Crippen molar-refractivity contribution in [1.29, 1.82) is 0 Å². The summed E-state index contributed by atoms with van der Waals surface area (Å²) in [4.78, 5) is 72.4. The van der Waals surface area contributed by atoms with Crippen molar-refractivity contribution in [2.45, 2.75) is 70.1 Å². The second-order valence-electron chi connectivity index (χ2n) is 8.92. The SMILES string of the molecule is CC(C)C(N)C(=O)NC(CCC(N)=O)C(=O)NC(Cc1ccccc1)C(=O)NC(CCC(=O)O)C(=O)O. The fourth-order valence-electron chi connectivity index (χ4n) is 3.25. The average Bonchev–Trinajstić information content (AvgIpc) is 2.82.